The minimum atomic E-state index is -0.638. The molecular weight excluding hydrogens is 276 g/mol. The normalized spacial score (nSPS) is 9.90. The maximum atomic E-state index is 12.3. The number of benzene rings is 1. The van der Waals surface area contributed by atoms with E-state index in [-0.39, 0.29) is 29.9 Å². The van der Waals surface area contributed by atoms with Gasteiger partial charge in [-0.15, -0.1) is 0 Å². The molecule has 1 aromatic carbocycles. The molecule has 0 saturated carbocycles. The number of hydrogen-bond donors (Lipinski definition) is 1. The van der Waals surface area contributed by atoms with E-state index in [1.807, 2.05) is 6.07 Å². The summed E-state index contributed by atoms with van der Waals surface area (Å²) in [6.45, 7) is 0.848. The monoisotopic (exact) mass is 292 g/mol. The van der Waals surface area contributed by atoms with Gasteiger partial charge in [-0.2, -0.15) is 5.26 Å². The zero-order valence-corrected chi connectivity index (χ0v) is 11.6. The summed E-state index contributed by atoms with van der Waals surface area (Å²) >= 11 is 0. The second-order valence-corrected chi connectivity index (χ2v) is 4.22. The molecule has 0 spiro atoms. The second-order valence-electron chi connectivity index (χ2n) is 4.22. The summed E-state index contributed by atoms with van der Waals surface area (Å²) < 4.78 is 4.91. The summed E-state index contributed by atoms with van der Waals surface area (Å²) in [5, 5.41) is 19.5. The molecule has 1 rings (SSSR count). The van der Waals surface area contributed by atoms with Crippen LogP contribution in [0.15, 0.2) is 18.2 Å². The van der Waals surface area contributed by atoms with Crippen molar-refractivity contribution in [3.05, 3.63) is 33.9 Å². The molecule has 0 aromatic heterocycles. The van der Waals surface area contributed by atoms with Crippen LogP contribution in [0.2, 0.25) is 0 Å². The number of hydrogen-bond acceptors (Lipinski definition) is 6. The molecule has 0 saturated heterocycles. The Balaban J connectivity index is 2.99. The van der Waals surface area contributed by atoms with Crippen LogP contribution in [0.4, 0.5) is 11.4 Å². The van der Waals surface area contributed by atoms with Gasteiger partial charge in [0.05, 0.1) is 24.0 Å². The van der Waals surface area contributed by atoms with E-state index in [1.54, 1.807) is 0 Å². The van der Waals surface area contributed by atoms with Gasteiger partial charge in [-0.1, -0.05) is 0 Å². The quantitative estimate of drug-likeness (QED) is 0.457. The number of nitrogen functional groups attached to an aromatic ring is 1. The third-order valence-corrected chi connectivity index (χ3v) is 2.82. The van der Waals surface area contributed by atoms with Gasteiger partial charge in [0, 0.05) is 31.8 Å². The summed E-state index contributed by atoms with van der Waals surface area (Å²) in [5.41, 5.74) is 5.34. The van der Waals surface area contributed by atoms with Crippen LogP contribution < -0.4 is 5.73 Å². The predicted octanol–water partition coefficient (Wildman–Crippen LogP) is 1.18. The number of nitro groups is 1. The summed E-state index contributed by atoms with van der Waals surface area (Å²) in [6.07, 6.45) is 0.173. The minimum absolute atomic E-state index is 0.00276. The van der Waals surface area contributed by atoms with Crippen LogP contribution >= 0.6 is 0 Å². The summed E-state index contributed by atoms with van der Waals surface area (Å²) in [7, 11) is 1.50. The van der Waals surface area contributed by atoms with Gasteiger partial charge < -0.3 is 15.4 Å². The van der Waals surface area contributed by atoms with E-state index < -0.39 is 10.8 Å². The molecule has 0 heterocycles. The lowest BCUT2D eigenvalue weighted by Crippen LogP contribution is -2.34. The Kier molecular flexibility index (Phi) is 6.10. The molecule has 2 N–H and O–H groups in total. The fourth-order valence-corrected chi connectivity index (χ4v) is 1.72. The highest BCUT2D eigenvalue weighted by molar-refractivity contribution is 5.95. The first-order valence-corrected chi connectivity index (χ1v) is 6.20. The Bertz CT molecular complexity index is 568. The van der Waals surface area contributed by atoms with E-state index in [1.165, 1.54) is 24.1 Å². The Morgan fingerprint density at radius 2 is 2.24 bits per heavy atom. The molecule has 0 aliphatic rings. The van der Waals surface area contributed by atoms with E-state index in [4.69, 9.17) is 15.7 Å². The molecule has 0 atom stereocenters. The number of anilines is 1. The van der Waals surface area contributed by atoms with Gasteiger partial charge in [-0.05, 0) is 12.1 Å². The van der Waals surface area contributed by atoms with Crippen LogP contribution in [0, 0.1) is 21.4 Å². The topological polar surface area (TPSA) is 122 Å². The molecule has 8 nitrogen and oxygen atoms in total. The average molecular weight is 292 g/mol. The molecule has 1 amide bonds. The standard InChI is InChI=1S/C13H16N4O4/c1-21-8-7-16(6-2-5-14)13(18)10-3-4-11(15)12(9-10)17(19)20/h3-4,9H,2,6-8,15H2,1H3. The van der Waals surface area contributed by atoms with Crippen molar-refractivity contribution >= 4 is 17.3 Å². The van der Waals surface area contributed by atoms with Crippen molar-refractivity contribution in [1.82, 2.24) is 4.90 Å². The Labute approximate surface area is 121 Å². The number of nitro benzene ring substituents is 1. The Hall–Kier alpha value is -2.66. The number of amides is 1. The summed E-state index contributed by atoms with van der Waals surface area (Å²) in [6, 6.07) is 5.85. The Morgan fingerprint density at radius 1 is 1.52 bits per heavy atom. The maximum absolute atomic E-state index is 12.3. The lowest BCUT2D eigenvalue weighted by atomic mass is 10.1. The van der Waals surface area contributed by atoms with Gasteiger partial charge in [0.1, 0.15) is 5.69 Å². The smallest absolute Gasteiger partial charge is 0.292 e. The zero-order valence-electron chi connectivity index (χ0n) is 11.6. The number of carbonyl (C=O) groups is 1. The molecule has 0 aliphatic carbocycles. The average Bonchev–Trinajstić information content (AvgIpc) is 2.47. The molecule has 0 bridgehead atoms. The van der Waals surface area contributed by atoms with Crippen molar-refractivity contribution in [2.45, 2.75) is 6.42 Å². The van der Waals surface area contributed by atoms with E-state index in [0.717, 1.165) is 6.07 Å². The molecule has 0 aliphatic heterocycles. The van der Waals surface area contributed by atoms with Crippen molar-refractivity contribution in [3.8, 4) is 6.07 Å². The van der Waals surface area contributed by atoms with Crippen molar-refractivity contribution in [3.63, 3.8) is 0 Å². The van der Waals surface area contributed by atoms with Crippen molar-refractivity contribution < 1.29 is 14.5 Å². The SMILES string of the molecule is COCCN(CCC#N)C(=O)c1ccc(N)c([N+](=O)[O-])c1. The van der Waals surface area contributed by atoms with E-state index in [2.05, 4.69) is 0 Å². The third kappa shape index (κ3) is 4.43. The number of nitrogens with zero attached hydrogens (tertiary/aromatic N) is 3. The fraction of sp³-hybridized carbons (Fsp3) is 0.385. The first kappa shape index (κ1) is 16.4. The molecule has 0 unspecified atom stereocenters. The number of nitrogens with two attached hydrogens (primary N) is 1. The van der Waals surface area contributed by atoms with Gasteiger partial charge >= 0.3 is 0 Å². The van der Waals surface area contributed by atoms with Crippen LogP contribution in [0.3, 0.4) is 0 Å². The maximum Gasteiger partial charge on any atom is 0.292 e. The van der Waals surface area contributed by atoms with Gasteiger partial charge in [0.2, 0.25) is 0 Å². The molecule has 1 aromatic rings. The highest BCUT2D eigenvalue weighted by Gasteiger charge is 2.20. The molecular formula is C13H16N4O4. The van der Waals surface area contributed by atoms with Gasteiger partial charge in [0.15, 0.2) is 0 Å². The van der Waals surface area contributed by atoms with Crippen molar-refractivity contribution in [2.24, 2.45) is 0 Å². The van der Waals surface area contributed by atoms with E-state index >= 15 is 0 Å². The highest BCUT2D eigenvalue weighted by atomic mass is 16.6. The van der Waals surface area contributed by atoms with Gasteiger partial charge in [-0.3, -0.25) is 14.9 Å². The number of nitriles is 1. The number of carbonyl (C=O) groups excluding carboxylic acids is 1. The van der Waals surface area contributed by atoms with Crippen LogP contribution in [0.25, 0.3) is 0 Å². The van der Waals surface area contributed by atoms with E-state index in [9.17, 15) is 14.9 Å². The summed E-state index contributed by atoms with van der Waals surface area (Å²) in [4.78, 5) is 24.0. The molecule has 21 heavy (non-hydrogen) atoms. The molecule has 112 valence electrons. The van der Waals surface area contributed by atoms with Gasteiger partial charge in [0.25, 0.3) is 11.6 Å². The summed E-state index contributed by atoms with van der Waals surface area (Å²) in [5.74, 6) is -0.398. The third-order valence-electron chi connectivity index (χ3n) is 2.82. The van der Waals surface area contributed by atoms with Crippen molar-refractivity contribution in [1.29, 1.82) is 5.26 Å². The first-order chi connectivity index (χ1) is 10.0. The molecule has 0 radical (unpaired) electrons. The highest BCUT2D eigenvalue weighted by Crippen LogP contribution is 2.23. The second kappa shape index (κ2) is 7.81. The van der Waals surface area contributed by atoms with Gasteiger partial charge in [-0.25, -0.2) is 0 Å². The molecule has 8 heteroatoms. The lowest BCUT2D eigenvalue weighted by molar-refractivity contribution is -0.383. The lowest BCUT2D eigenvalue weighted by Gasteiger charge is -2.21. The van der Waals surface area contributed by atoms with Crippen LogP contribution in [0.5, 0.6) is 0 Å². The van der Waals surface area contributed by atoms with Crippen molar-refractivity contribution in [2.75, 3.05) is 32.5 Å². The number of ether oxygens (including phenoxy) is 1. The number of rotatable bonds is 7. The van der Waals surface area contributed by atoms with E-state index in [0.29, 0.717) is 13.2 Å². The fourth-order valence-electron chi connectivity index (χ4n) is 1.72. The largest absolute Gasteiger partial charge is 0.393 e. The first-order valence-electron chi connectivity index (χ1n) is 6.20. The van der Waals surface area contributed by atoms with Crippen LogP contribution in [-0.4, -0.2) is 42.5 Å². The van der Waals surface area contributed by atoms with Crippen LogP contribution in [-0.2, 0) is 4.74 Å². The zero-order chi connectivity index (χ0) is 15.8. The predicted molar refractivity (Wildman–Crippen MR) is 75.5 cm³/mol. The van der Waals surface area contributed by atoms with Crippen LogP contribution in [0.1, 0.15) is 16.8 Å². The number of methoxy groups -OCH3 is 1. The molecule has 0 fully saturated rings. The minimum Gasteiger partial charge on any atom is -0.393 e. The Morgan fingerprint density at radius 3 is 2.81 bits per heavy atom.